The largest absolute Gasteiger partial charge is 0.355 e. The van der Waals surface area contributed by atoms with Crippen molar-refractivity contribution in [1.82, 2.24) is 19.7 Å². The Kier molecular flexibility index (Phi) is 3.64. The Hall–Kier alpha value is -1.85. The van der Waals surface area contributed by atoms with Gasteiger partial charge in [0.05, 0.1) is 5.69 Å². The lowest BCUT2D eigenvalue weighted by molar-refractivity contribution is 0.368. The number of rotatable bonds is 5. The van der Waals surface area contributed by atoms with Gasteiger partial charge >= 0.3 is 0 Å². The molecule has 0 radical (unpaired) electrons. The van der Waals surface area contributed by atoms with Crippen molar-refractivity contribution in [2.75, 3.05) is 11.9 Å². The highest BCUT2D eigenvalue weighted by Gasteiger charge is 2.10. The molecule has 0 atom stereocenters. The minimum absolute atomic E-state index is 0.544. The molecule has 0 unspecified atom stereocenters. The van der Waals surface area contributed by atoms with Gasteiger partial charge in [-0.25, -0.2) is 4.98 Å². The summed E-state index contributed by atoms with van der Waals surface area (Å²) in [7, 11) is 0. The first-order valence-corrected chi connectivity index (χ1v) is 6.11. The van der Waals surface area contributed by atoms with E-state index in [9.17, 15) is 0 Å². The van der Waals surface area contributed by atoms with Gasteiger partial charge in [0, 0.05) is 12.7 Å². The monoisotopic (exact) mass is 249 g/mol. The first-order chi connectivity index (χ1) is 8.54. The summed E-state index contributed by atoms with van der Waals surface area (Å²) in [6.45, 7) is 9.53. The minimum Gasteiger partial charge on any atom is -0.355 e. The van der Waals surface area contributed by atoms with E-state index in [1.165, 1.54) is 0 Å². The molecular weight excluding hydrogens is 230 g/mol. The Morgan fingerprint density at radius 1 is 1.33 bits per heavy atom. The van der Waals surface area contributed by atoms with E-state index in [0.717, 1.165) is 18.2 Å². The van der Waals surface area contributed by atoms with Crippen molar-refractivity contribution < 1.29 is 4.52 Å². The standard InChI is InChI=1S/C12H19N5O/c1-8(2)5-13-12-14-9(3)6-17(12)7-11-15-10(4)16-18-11/h6,8H,5,7H2,1-4H3,(H,13,14). The molecule has 2 rings (SSSR count). The fraction of sp³-hybridized carbons (Fsp3) is 0.583. The van der Waals surface area contributed by atoms with Gasteiger partial charge in [0.25, 0.3) is 0 Å². The van der Waals surface area contributed by atoms with Crippen LogP contribution in [0.4, 0.5) is 5.95 Å². The molecule has 6 nitrogen and oxygen atoms in total. The van der Waals surface area contributed by atoms with Crippen LogP contribution in [0.25, 0.3) is 0 Å². The van der Waals surface area contributed by atoms with Crippen molar-refractivity contribution in [3.05, 3.63) is 23.6 Å². The molecule has 0 saturated heterocycles. The predicted molar refractivity (Wildman–Crippen MR) is 68.4 cm³/mol. The molecule has 0 fully saturated rings. The first kappa shape index (κ1) is 12.6. The lowest BCUT2D eigenvalue weighted by Crippen LogP contribution is -2.13. The number of hydrogen-bond donors (Lipinski definition) is 1. The van der Waals surface area contributed by atoms with Crippen LogP contribution in [0.1, 0.15) is 31.3 Å². The molecule has 2 aromatic rings. The average Bonchev–Trinajstić information content (AvgIpc) is 2.83. The summed E-state index contributed by atoms with van der Waals surface area (Å²) in [5.74, 6) is 2.66. The zero-order chi connectivity index (χ0) is 13.1. The van der Waals surface area contributed by atoms with Crippen molar-refractivity contribution in [3.63, 3.8) is 0 Å². The van der Waals surface area contributed by atoms with Gasteiger partial charge in [-0.2, -0.15) is 4.98 Å². The van der Waals surface area contributed by atoms with E-state index < -0.39 is 0 Å². The summed E-state index contributed by atoms with van der Waals surface area (Å²) >= 11 is 0. The number of aromatic nitrogens is 4. The van der Waals surface area contributed by atoms with E-state index in [0.29, 0.717) is 24.2 Å². The van der Waals surface area contributed by atoms with E-state index in [-0.39, 0.29) is 0 Å². The third-order valence-corrected chi connectivity index (χ3v) is 2.44. The molecule has 0 saturated carbocycles. The first-order valence-electron chi connectivity index (χ1n) is 6.11. The fourth-order valence-corrected chi connectivity index (χ4v) is 1.65. The summed E-state index contributed by atoms with van der Waals surface area (Å²) < 4.78 is 7.11. The Balaban J connectivity index is 2.11. The van der Waals surface area contributed by atoms with Gasteiger partial charge in [-0.15, -0.1) is 0 Å². The summed E-state index contributed by atoms with van der Waals surface area (Å²) in [6.07, 6.45) is 1.97. The SMILES string of the molecule is Cc1cn(Cc2nc(C)no2)c(NCC(C)C)n1. The number of hydrogen-bond acceptors (Lipinski definition) is 5. The summed E-state index contributed by atoms with van der Waals surface area (Å²) in [5.41, 5.74) is 0.970. The van der Waals surface area contributed by atoms with Crippen molar-refractivity contribution in [1.29, 1.82) is 0 Å². The number of anilines is 1. The van der Waals surface area contributed by atoms with Crippen LogP contribution in [0.15, 0.2) is 10.7 Å². The molecule has 98 valence electrons. The number of aryl methyl sites for hydroxylation is 2. The molecule has 0 aromatic carbocycles. The Bertz CT molecular complexity index is 514. The van der Waals surface area contributed by atoms with Gasteiger partial charge in [-0.05, 0) is 19.8 Å². The minimum atomic E-state index is 0.544. The Labute approximate surface area is 106 Å². The van der Waals surface area contributed by atoms with Crippen LogP contribution < -0.4 is 5.32 Å². The number of nitrogens with zero attached hydrogens (tertiary/aromatic N) is 4. The molecule has 0 aliphatic rings. The van der Waals surface area contributed by atoms with Crippen LogP contribution in [0.2, 0.25) is 0 Å². The second-order valence-corrected chi connectivity index (χ2v) is 4.84. The van der Waals surface area contributed by atoms with E-state index >= 15 is 0 Å². The van der Waals surface area contributed by atoms with Crippen LogP contribution in [0.3, 0.4) is 0 Å². The molecule has 0 amide bonds. The topological polar surface area (TPSA) is 68.8 Å². The molecule has 0 bridgehead atoms. The Morgan fingerprint density at radius 3 is 2.72 bits per heavy atom. The maximum atomic E-state index is 5.12. The summed E-state index contributed by atoms with van der Waals surface area (Å²) in [5, 5.41) is 7.11. The molecule has 18 heavy (non-hydrogen) atoms. The van der Waals surface area contributed by atoms with Crippen LogP contribution >= 0.6 is 0 Å². The van der Waals surface area contributed by atoms with Crippen LogP contribution in [-0.2, 0) is 6.54 Å². The van der Waals surface area contributed by atoms with Gasteiger partial charge in [0.15, 0.2) is 5.82 Å². The predicted octanol–water partition coefficient (Wildman–Crippen LogP) is 2.00. The second-order valence-electron chi connectivity index (χ2n) is 4.84. The third kappa shape index (κ3) is 3.09. The van der Waals surface area contributed by atoms with Gasteiger partial charge in [0.1, 0.15) is 6.54 Å². The van der Waals surface area contributed by atoms with E-state index in [1.807, 2.05) is 24.6 Å². The molecule has 0 aliphatic carbocycles. The zero-order valence-electron chi connectivity index (χ0n) is 11.3. The highest BCUT2D eigenvalue weighted by Crippen LogP contribution is 2.11. The smallest absolute Gasteiger partial charge is 0.246 e. The molecule has 2 aromatic heterocycles. The number of nitrogens with one attached hydrogen (secondary N) is 1. The fourth-order valence-electron chi connectivity index (χ4n) is 1.65. The van der Waals surface area contributed by atoms with Gasteiger partial charge in [-0.3, -0.25) is 0 Å². The van der Waals surface area contributed by atoms with Crippen molar-refractivity contribution >= 4 is 5.95 Å². The second kappa shape index (κ2) is 5.20. The molecule has 2 heterocycles. The normalized spacial score (nSPS) is 11.2. The molecule has 0 aliphatic heterocycles. The molecular formula is C12H19N5O. The van der Waals surface area contributed by atoms with Gasteiger partial charge in [0.2, 0.25) is 11.8 Å². The van der Waals surface area contributed by atoms with E-state index in [2.05, 4.69) is 34.3 Å². The maximum Gasteiger partial charge on any atom is 0.246 e. The molecule has 1 N–H and O–H groups in total. The van der Waals surface area contributed by atoms with Crippen molar-refractivity contribution in [3.8, 4) is 0 Å². The van der Waals surface area contributed by atoms with Crippen LogP contribution in [0.5, 0.6) is 0 Å². The number of imidazole rings is 1. The lowest BCUT2D eigenvalue weighted by atomic mass is 10.2. The Morgan fingerprint density at radius 2 is 2.11 bits per heavy atom. The molecule has 0 spiro atoms. The quantitative estimate of drug-likeness (QED) is 0.877. The van der Waals surface area contributed by atoms with Crippen LogP contribution in [-0.4, -0.2) is 26.2 Å². The van der Waals surface area contributed by atoms with Crippen molar-refractivity contribution in [2.24, 2.45) is 5.92 Å². The van der Waals surface area contributed by atoms with E-state index in [1.54, 1.807) is 0 Å². The van der Waals surface area contributed by atoms with Crippen LogP contribution in [0, 0.1) is 19.8 Å². The summed E-state index contributed by atoms with van der Waals surface area (Å²) in [6, 6.07) is 0. The van der Waals surface area contributed by atoms with Gasteiger partial charge < -0.3 is 14.4 Å². The maximum absolute atomic E-state index is 5.12. The molecule has 6 heteroatoms. The van der Waals surface area contributed by atoms with Crippen molar-refractivity contribution in [2.45, 2.75) is 34.2 Å². The third-order valence-electron chi connectivity index (χ3n) is 2.44. The van der Waals surface area contributed by atoms with Gasteiger partial charge in [-0.1, -0.05) is 19.0 Å². The zero-order valence-corrected chi connectivity index (χ0v) is 11.3. The highest BCUT2D eigenvalue weighted by atomic mass is 16.5. The lowest BCUT2D eigenvalue weighted by Gasteiger charge is -2.09. The highest BCUT2D eigenvalue weighted by molar-refractivity contribution is 5.29. The summed E-state index contributed by atoms with van der Waals surface area (Å²) in [4.78, 5) is 8.64. The average molecular weight is 249 g/mol. The van der Waals surface area contributed by atoms with E-state index in [4.69, 9.17) is 4.52 Å².